The summed E-state index contributed by atoms with van der Waals surface area (Å²) in [4.78, 5) is 14.6. The number of amides is 1. The summed E-state index contributed by atoms with van der Waals surface area (Å²) in [5.74, 6) is 0.375. The van der Waals surface area contributed by atoms with Gasteiger partial charge in [-0.05, 0) is 42.7 Å². The van der Waals surface area contributed by atoms with Crippen LogP contribution in [0.4, 0.5) is 0 Å². The van der Waals surface area contributed by atoms with Crippen LogP contribution in [0, 0.1) is 0 Å². The van der Waals surface area contributed by atoms with E-state index in [9.17, 15) is 15.0 Å². The first kappa shape index (κ1) is 26.8. The fourth-order valence-corrected chi connectivity index (χ4v) is 4.40. The smallest absolute Gasteiger partial charge is 0.223 e. The molecule has 1 aromatic carbocycles. The second-order valence-corrected chi connectivity index (χ2v) is 9.35. The number of hydrogen-bond donors (Lipinski definition) is 2. The number of halogens is 1. The maximum Gasteiger partial charge on any atom is 0.223 e. The molecule has 1 fully saturated rings. The largest absolute Gasteiger partial charge is 0.508 e. The van der Waals surface area contributed by atoms with Crippen LogP contribution in [0.2, 0.25) is 0 Å². The molecule has 0 bridgehead atoms. The number of benzene rings is 1. The quantitative estimate of drug-likeness (QED) is 0.422. The Kier molecular flexibility index (Phi) is 11.2. The third-order valence-corrected chi connectivity index (χ3v) is 6.47. The van der Waals surface area contributed by atoms with Gasteiger partial charge in [-0.15, -0.1) is 12.4 Å². The van der Waals surface area contributed by atoms with E-state index in [1.807, 2.05) is 17.0 Å². The SMILES string of the molecule is CCCCCCC(C)(C)c1ccc(C2CC(O)CCN2C(=O)CCCC)c(O)c1.Cl. The van der Waals surface area contributed by atoms with Crippen LogP contribution in [0.1, 0.15) is 109 Å². The van der Waals surface area contributed by atoms with Crippen molar-refractivity contribution in [1.29, 1.82) is 0 Å². The van der Waals surface area contributed by atoms with Crippen molar-refractivity contribution in [2.45, 2.75) is 109 Å². The Bertz CT molecular complexity index is 662. The lowest BCUT2D eigenvalue weighted by atomic mass is 9.79. The van der Waals surface area contributed by atoms with Gasteiger partial charge in [-0.2, -0.15) is 0 Å². The zero-order valence-electron chi connectivity index (χ0n) is 19.3. The summed E-state index contributed by atoms with van der Waals surface area (Å²) in [6.45, 7) is 9.33. The molecule has 0 radical (unpaired) electrons. The average molecular weight is 440 g/mol. The van der Waals surface area contributed by atoms with Gasteiger partial charge in [0.25, 0.3) is 0 Å². The standard InChI is InChI=1S/C25H41NO3.ClH/c1-5-7-9-10-15-25(3,4)19-12-13-21(23(28)17-19)22-18-20(27)14-16-26(22)24(29)11-8-6-2;/h12-13,17,20,22,27-28H,5-11,14-16,18H2,1-4H3;1H. The highest BCUT2D eigenvalue weighted by atomic mass is 35.5. The Morgan fingerprint density at radius 1 is 1.13 bits per heavy atom. The van der Waals surface area contributed by atoms with Crippen molar-refractivity contribution in [3.8, 4) is 5.75 Å². The zero-order chi connectivity index (χ0) is 21.4. The van der Waals surface area contributed by atoms with Crippen LogP contribution in [-0.2, 0) is 10.2 Å². The molecule has 2 atom stereocenters. The number of aliphatic hydroxyl groups is 1. The van der Waals surface area contributed by atoms with Crippen LogP contribution in [0.25, 0.3) is 0 Å². The van der Waals surface area contributed by atoms with Crippen LogP contribution >= 0.6 is 12.4 Å². The number of aromatic hydroxyl groups is 1. The lowest BCUT2D eigenvalue weighted by Crippen LogP contribution is -2.42. The van der Waals surface area contributed by atoms with Gasteiger partial charge in [0.2, 0.25) is 5.91 Å². The predicted molar refractivity (Wildman–Crippen MR) is 126 cm³/mol. The second kappa shape index (κ2) is 12.6. The highest BCUT2D eigenvalue weighted by molar-refractivity contribution is 5.85. The summed E-state index contributed by atoms with van der Waals surface area (Å²) in [7, 11) is 0. The number of carbonyl (C=O) groups excluding carboxylic acids is 1. The number of carbonyl (C=O) groups is 1. The van der Waals surface area contributed by atoms with Gasteiger partial charge < -0.3 is 15.1 Å². The Labute approximate surface area is 189 Å². The highest BCUT2D eigenvalue weighted by Crippen LogP contribution is 2.39. The summed E-state index contributed by atoms with van der Waals surface area (Å²) in [5, 5.41) is 21.1. The third kappa shape index (κ3) is 7.16. The van der Waals surface area contributed by atoms with Crippen LogP contribution < -0.4 is 0 Å². The number of hydrogen-bond acceptors (Lipinski definition) is 3. The van der Waals surface area contributed by atoms with E-state index in [4.69, 9.17) is 0 Å². The number of unbranched alkanes of at least 4 members (excludes halogenated alkanes) is 4. The summed E-state index contributed by atoms with van der Waals surface area (Å²) in [5.41, 5.74) is 1.90. The summed E-state index contributed by atoms with van der Waals surface area (Å²) in [6.07, 6.45) is 9.11. The lowest BCUT2D eigenvalue weighted by Gasteiger charge is -2.39. The minimum absolute atomic E-state index is 0. The number of piperidine rings is 1. The fourth-order valence-electron chi connectivity index (χ4n) is 4.40. The Morgan fingerprint density at radius 3 is 2.47 bits per heavy atom. The number of likely N-dealkylation sites (tertiary alicyclic amines) is 1. The molecule has 0 spiro atoms. The molecular formula is C25H42ClNO3. The maximum absolute atomic E-state index is 12.7. The van der Waals surface area contributed by atoms with Crippen LogP contribution in [0.3, 0.4) is 0 Å². The van der Waals surface area contributed by atoms with Crippen LogP contribution in [-0.4, -0.2) is 33.7 Å². The minimum atomic E-state index is -0.427. The normalized spacial score (nSPS) is 19.4. The zero-order valence-corrected chi connectivity index (χ0v) is 20.1. The molecule has 5 heteroatoms. The van der Waals surface area contributed by atoms with E-state index in [2.05, 4.69) is 33.8 Å². The van der Waals surface area contributed by atoms with Crippen molar-refractivity contribution in [3.05, 3.63) is 29.3 Å². The van der Waals surface area contributed by atoms with E-state index >= 15 is 0 Å². The lowest BCUT2D eigenvalue weighted by molar-refractivity contribution is -0.137. The van der Waals surface area contributed by atoms with Gasteiger partial charge in [0.05, 0.1) is 12.1 Å². The molecule has 1 saturated heterocycles. The molecule has 2 unspecified atom stereocenters. The van der Waals surface area contributed by atoms with Gasteiger partial charge in [0, 0.05) is 18.5 Å². The highest BCUT2D eigenvalue weighted by Gasteiger charge is 2.33. The van der Waals surface area contributed by atoms with Crippen molar-refractivity contribution >= 4 is 18.3 Å². The first-order valence-corrected chi connectivity index (χ1v) is 11.6. The molecule has 1 heterocycles. The second-order valence-electron chi connectivity index (χ2n) is 9.35. The van der Waals surface area contributed by atoms with E-state index in [0.717, 1.165) is 30.4 Å². The Morgan fingerprint density at radius 2 is 1.83 bits per heavy atom. The van der Waals surface area contributed by atoms with Crippen LogP contribution in [0.15, 0.2) is 18.2 Å². The summed E-state index contributed by atoms with van der Waals surface area (Å²) < 4.78 is 0. The number of nitrogens with zero attached hydrogens (tertiary/aromatic N) is 1. The van der Waals surface area contributed by atoms with Crippen molar-refractivity contribution < 1.29 is 15.0 Å². The number of phenols is 1. The molecule has 1 aliphatic rings. The third-order valence-electron chi connectivity index (χ3n) is 6.47. The predicted octanol–water partition coefficient (Wildman–Crippen LogP) is 6.28. The summed E-state index contributed by atoms with van der Waals surface area (Å²) in [6, 6.07) is 5.71. The number of aliphatic hydroxyl groups excluding tert-OH is 1. The molecule has 0 saturated carbocycles. The molecule has 0 aromatic heterocycles. The molecule has 1 amide bonds. The molecule has 1 aliphatic heterocycles. The van der Waals surface area contributed by atoms with Gasteiger partial charge >= 0.3 is 0 Å². The molecule has 4 nitrogen and oxygen atoms in total. The van der Waals surface area contributed by atoms with Gasteiger partial charge in [0.1, 0.15) is 5.75 Å². The monoisotopic (exact) mass is 439 g/mol. The van der Waals surface area contributed by atoms with Gasteiger partial charge in [0.15, 0.2) is 0 Å². The maximum atomic E-state index is 12.7. The van der Waals surface area contributed by atoms with E-state index in [0.29, 0.717) is 25.8 Å². The average Bonchev–Trinajstić information content (AvgIpc) is 2.69. The minimum Gasteiger partial charge on any atom is -0.508 e. The van der Waals surface area contributed by atoms with E-state index in [-0.39, 0.29) is 35.5 Å². The Balaban J connectivity index is 0.00000450. The van der Waals surface area contributed by atoms with Crippen LogP contribution in [0.5, 0.6) is 5.75 Å². The van der Waals surface area contributed by atoms with Crippen molar-refractivity contribution in [2.24, 2.45) is 0 Å². The van der Waals surface area contributed by atoms with Gasteiger partial charge in [-0.1, -0.05) is 71.9 Å². The van der Waals surface area contributed by atoms with E-state index in [1.165, 1.54) is 25.7 Å². The van der Waals surface area contributed by atoms with Gasteiger partial charge in [-0.3, -0.25) is 4.79 Å². The molecule has 172 valence electrons. The molecule has 1 aromatic rings. The fraction of sp³-hybridized carbons (Fsp3) is 0.720. The first-order valence-electron chi connectivity index (χ1n) is 11.6. The molecular weight excluding hydrogens is 398 g/mol. The number of phenolic OH excluding ortho intramolecular Hbond substituents is 1. The molecule has 30 heavy (non-hydrogen) atoms. The first-order chi connectivity index (χ1) is 13.8. The Hall–Kier alpha value is -1.26. The molecule has 0 aliphatic carbocycles. The molecule has 2 rings (SSSR count). The van der Waals surface area contributed by atoms with E-state index in [1.54, 1.807) is 0 Å². The van der Waals surface area contributed by atoms with Gasteiger partial charge in [-0.25, -0.2) is 0 Å². The van der Waals surface area contributed by atoms with Crippen molar-refractivity contribution in [2.75, 3.05) is 6.54 Å². The summed E-state index contributed by atoms with van der Waals surface area (Å²) >= 11 is 0. The van der Waals surface area contributed by atoms with Crippen molar-refractivity contribution in [3.63, 3.8) is 0 Å². The molecule has 2 N–H and O–H groups in total. The topological polar surface area (TPSA) is 60.8 Å². The van der Waals surface area contributed by atoms with Crippen molar-refractivity contribution in [1.82, 2.24) is 4.90 Å². The van der Waals surface area contributed by atoms with E-state index < -0.39 is 6.10 Å². The number of rotatable bonds is 10.